The van der Waals surface area contributed by atoms with Crippen molar-refractivity contribution in [2.75, 3.05) is 11.9 Å². The third-order valence-corrected chi connectivity index (χ3v) is 2.57. The van der Waals surface area contributed by atoms with Crippen molar-refractivity contribution in [1.29, 1.82) is 0 Å². The second-order valence-electron chi connectivity index (χ2n) is 4.13. The third-order valence-electron chi connectivity index (χ3n) is 2.57. The predicted molar refractivity (Wildman–Crippen MR) is 70.5 cm³/mol. The fourth-order valence-corrected chi connectivity index (χ4v) is 1.71. The highest BCUT2D eigenvalue weighted by Gasteiger charge is 2.08. The highest BCUT2D eigenvalue weighted by molar-refractivity contribution is 6.03. The van der Waals surface area contributed by atoms with Crippen molar-refractivity contribution in [2.45, 2.75) is 13.3 Å². The SMILES string of the molecule is Cc1cc(NC(=O)c2cccc(CCN)c2)n[nH]1. The van der Waals surface area contributed by atoms with E-state index in [4.69, 9.17) is 5.73 Å². The summed E-state index contributed by atoms with van der Waals surface area (Å²) in [6, 6.07) is 9.22. The summed E-state index contributed by atoms with van der Waals surface area (Å²) in [6.07, 6.45) is 0.767. The summed E-state index contributed by atoms with van der Waals surface area (Å²) in [5.41, 5.74) is 8.07. The fourth-order valence-electron chi connectivity index (χ4n) is 1.71. The van der Waals surface area contributed by atoms with Crippen LogP contribution in [0.4, 0.5) is 5.82 Å². The molecule has 1 aromatic heterocycles. The molecule has 5 nitrogen and oxygen atoms in total. The van der Waals surface area contributed by atoms with Crippen LogP contribution >= 0.6 is 0 Å². The van der Waals surface area contributed by atoms with Gasteiger partial charge < -0.3 is 11.1 Å². The van der Waals surface area contributed by atoms with Crippen molar-refractivity contribution in [2.24, 2.45) is 5.73 Å². The summed E-state index contributed by atoms with van der Waals surface area (Å²) in [5.74, 6) is 0.363. The van der Waals surface area contributed by atoms with Crippen LogP contribution in [0.3, 0.4) is 0 Å². The van der Waals surface area contributed by atoms with Crippen LogP contribution in [0.15, 0.2) is 30.3 Å². The molecule has 2 aromatic rings. The predicted octanol–water partition coefficient (Wildman–Crippen LogP) is 1.47. The maximum absolute atomic E-state index is 12.0. The smallest absolute Gasteiger partial charge is 0.256 e. The quantitative estimate of drug-likeness (QED) is 0.761. The average molecular weight is 244 g/mol. The van der Waals surface area contributed by atoms with Gasteiger partial charge in [0, 0.05) is 17.3 Å². The monoisotopic (exact) mass is 244 g/mol. The molecular weight excluding hydrogens is 228 g/mol. The lowest BCUT2D eigenvalue weighted by molar-refractivity contribution is 0.102. The first-order chi connectivity index (χ1) is 8.69. The summed E-state index contributed by atoms with van der Waals surface area (Å²) >= 11 is 0. The summed E-state index contributed by atoms with van der Waals surface area (Å²) < 4.78 is 0. The Balaban J connectivity index is 2.11. The summed E-state index contributed by atoms with van der Waals surface area (Å²) in [4.78, 5) is 12.0. The number of hydrogen-bond donors (Lipinski definition) is 3. The van der Waals surface area contributed by atoms with Gasteiger partial charge in [0.2, 0.25) is 0 Å². The largest absolute Gasteiger partial charge is 0.330 e. The van der Waals surface area contributed by atoms with Gasteiger partial charge in [0.05, 0.1) is 0 Å². The van der Waals surface area contributed by atoms with Gasteiger partial charge >= 0.3 is 0 Å². The summed E-state index contributed by atoms with van der Waals surface area (Å²) in [6.45, 7) is 2.45. The Kier molecular flexibility index (Phi) is 3.74. The number of aromatic amines is 1. The number of anilines is 1. The molecule has 0 radical (unpaired) electrons. The molecule has 0 bridgehead atoms. The number of rotatable bonds is 4. The molecule has 0 fully saturated rings. The molecule has 0 saturated carbocycles. The zero-order chi connectivity index (χ0) is 13.0. The molecule has 0 atom stereocenters. The molecule has 2 rings (SSSR count). The van der Waals surface area contributed by atoms with E-state index in [9.17, 15) is 4.79 Å². The van der Waals surface area contributed by atoms with Crippen LogP contribution in [-0.2, 0) is 6.42 Å². The van der Waals surface area contributed by atoms with Gasteiger partial charge in [-0.3, -0.25) is 9.89 Å². The Bertz CT molecular complexity index is 547. The zero-order valence-corrected chi connectivity index (χ0v) is 10.2. The van der Waals surface area contributed by atoms with Crippen LogP contribution in [-0.4, -0.2) is 22.6 Å². The number of nitrogens with one attached hydrogen (secondary N) is 2. The molecule has 1 heterocycles. The lowest BCUT2D eigenvalue weighted by Gasteiger charge is -2.04. The number of benzene rings is 1. The standard InChI is InChI=1S/C13H16N4O/c1-9-7-12(17-16-9)15-13(18)11-4-2-3-10(8-11)5-6-14/h2-4,7-8H,5-6,14H2,1H3,(H2,15,16,17,18). The van der Waals surface area contributed by atoms with E-state index in [1.165, 1.54) is 0 Å². The Morgan fingerprint density at radius 1 is 1.44 bits per heavy atom. The lowest BCUT2D eigenvalue weighted by atomic mass is 10.1. The van der Waals surface area contributed by atoms with Crippen molar-refractivity contribution in [3.63, 3.8) is 0 Å². The van der Waals surface area contributed by atoms with Crippen molar-refractivity contribution < 1.29 is 4.79 Å². The number of H-pyrrole nitrogens is 1. The normalized spacial score (nSPS) is 10.3. The summed E-state index contributed by atoms with van der Waals surface area (Å²) in [7, 11) is 0. The number of carbonyl (C=O) groups is 1. The van der Waals surface area contributed by atoms with Crippen molar-refractivity contribution in [3.8, 4) is 0 Å². The Hall–Kier alpha value is -2.14. The highest BCUT2D eigenvalue weighted by atomic mass is 16.1. The maximum Gasteiger partial charge on any atom is 0.256 e. The number of carbonyl (C=O) groups excluding carboxylic acids is 1. The second kappa shape index (κ2) is 5.46. The molecule has 0 aliphatic carbocycles. The topological polar surface area (TPSA) is 83.8 Å². The molecule has 94 valence electrons. The number of hydrogen-bond acceptors (Lipinski definition) is 3. The molecule has 4 N–H and O–H groups in total. The van der Waals surface area contributed by atoms with Crippen LogP contribution < -0.4 is 11.1 Å². The number of aromatic nitrogens is 2. The van der Waals surface area contributed by atoms with E-state index in [-0.39, 0.29) is 5.91 Å². The van der Waals surface area contributed by atoms with Gasteiger partial charge in [0.25, 0.3) is 5.91 Å². The van der Waals surface area contributed by atoms with E-state index >= 15 is 0 Å². The first kappa shape index (κ1) is 12.3. The van der Waals surface area contributed by atoms with Crippen molar-refractivity contribution in [1.82, 2.24) is 10.2 Å². The van der Waals surface area contributed by atoms with E-state index in [1.807, 2.05) is 25.1 Å². The maximum atomic E-state index is 12.0. The molecule has 0 saturated heterocycles. The zero-order valence-electron chi connectivity index (χ0n) is 10.2. The average Bonchev–Trinajstić information content (AvgIpc) is 2.75. The van der Waals surface area contributed by atoms with E-state index < -0.39 is 0 Å². The molecule has 1 aromatic carbocycles. The van der Waals surface area contributed by atoms with E-state index in [0.717, 1.165) is 17.7 Å². The number of aryl methyl sites for hydroxylation is 1. The molecule has 5 heteroatoms. The van der Waals surface area contributed by atoms with Gasteiger partial charge in [0.15, 0.2) is 5.82 Å². The van der Waals surface area contributed by atoms with Crippen LogP contribution in [0, 0.1) is 6.92 Å². The first-order valence-corrected chi connectivity index (χ1v) is 5.81. The third kappa shape index (κ3) is 2.95. The van der Waals surface area contributed by atoms with Gasteiger partial charge in [-0.2, -0.15) is 5.10 Å². The van der Waals surface area contributed by atoms with Gasteiger partial charge in [-0.15, -0.1) is 0 Å². The van der Waals surface area contributed by atoms with Crippen LogP contribution in [0.1, 0.15) is 21.6 Å². The molecular formula is C13H16N4O. The Labute approximate surface area is 105 Å². The first-order valence-electron chi connectivity index (χ1n) is 5.81. The number of nitrogens with two attached hydrogens (primary N) is 1. The minimum absolute atomic E-state index is 0.166. The number of nitrogens with zero attached hydrogens (tertiary/aromatic N) is 1. The molecule has 0 unspecified atom stereocenters. The van der Waals surface area contributed by atoms with Crippen molar-refractivity contribution >= 4 is 11.7 Å². The Morgan fingerprint density at radius 3 is 2.94 bits per heavy atom. The van der Waals surface area contributed by atoms with Gasteiger partial charge in [-0.05, 0) is 37.6 Å². The molecule has 18 heavy (non-hydrogen) atoms. The molecule has 0 aliphatic heterocycles. The van der Waals surface area contributed by atoms with Crippen LogP contribution in [0.2, 0.25) is 0 Å². The number of amides is 1. The van der Waals surface area contributed by atoms with Crippen LogP contribution in [0.5, 0.6) is 0 Å². The lowest BCUT2D eigenvalue weighted by Crippen LogP contribution is -2.13. The molecule has 1 amide bonds. The van der Waals surface area contributed by atoms with Crippen LogP contribution in [0.25, 0.3) is 0 Å². The minimum Gasteiger partial charge on any atom is -0.330 e. The van der Waals surface area contributed by atoms with Gasteiger partial charge in [-0.25, -0.2) is 0 Å². The van der Waals surface area contributed by atoms with Crippen molar-refractivity contribution in [3.05, 3.63) is 47.2 Å². The Morgan fingerprint density at radius 2 is 2.28 bits per heavy atom. The molecule has 0 spiro atoms. The fraction of sp³-hybridized carbons (Fsp3) is 0.231. The van der Waals surface area contributed by atoms with E-state index in [0.29, 0.717) is 17.9 Å². The van der Waals surface area contributed by atoms with Gasteiger partial charge in [0.1, 0.15) is 0 Å². The minimum atomic E-state index is -0.166. The highest BCUT2D eigenvalue weighted by Crippen LogP contribution is 2.10. The van der Waals surface area contributed by atoms with Gasteiger partial charge in [-0.1, -0.05) is 12.1 Å². The van der Waals surface area contributed by atoms with E-state index in [2.05, 4.69) is 15.5 Å². The molecule has 0 aliphatic rings. The second-order valence-corrected chi connectivity index (χ2v) is 4.13. The summed E-state index contributed by atoms with van der Waals surface area (Å²) in [5, 5.41) is 9.47. The van der Waals surface area contributed by atoms with E-state index in [1.54, 1.807) is 12.1 Å².